The van der Waals surface area contributed by atoms with Crippen LogP contribution in [0.4, 0.5) is 19.0 Å². The number of alkyl halides is 3. The van der Waals surface area contributed by atoms with Gasteiger partial charge in [-0.3, -0.25) is 4.79 Å². The third kappa shape index (κ3) is 6.13. The molecule has 0 atom stereocenters. The largest absolute Gasteiger partial charge is 0.490 e. The van der Waals surface area contributed by atoms with Crippen LogP contribution in [0.1, 0.15) is 30.9 Å². The summed E-state index contributed by atoms with van der Waals surface area (Å²) >= 11 is 0. The number of allylic oxidation sites excluding steroid dienone is 1. The third-order valence-corrected chi connectivity index (χ3v) is 3.72. The summed E-state index contributed by atoms with van der Waals surface area (Å²) in [6, 6.07) is 9.87. The quantitative estimate of drug-likeness (QED) is 0.544. The molecule has 5 nitrogen and oxygen atoms in total. The zero-order valence-corrected chi connectivity index (χ0v) is 15.1. The zero-order chi connectivity index (χ0) is 20.6. The maximum absolute atomic E-state index is 12.6. The lowest BCUT2D eigenvalue weighted by atomic mass is 10.0. The van der Waals surface area contributed by atoms with Crippen LogP contribution in [0.2, 0.25) is 0 Å². The second-order valence-corrected chi connectivity index (χ2v) is 5.85. The zero-order valence-electron chi connectivity index (χ0n) is 15.1. The minimum Gasteiger partial charge on any atom is -0.490 e. The Kier molecular flexibility index (Phi) is 7.15. The molecule has 2 rings (SSSR count). The molecular weight excluding hydrogens is 371 g/mol. The van der Waals surface area contributed by atoms with Crippen molar-refractivity contribution in [3.63, 3.8) is 0 Å². The van der Waals surface area contributed by atoms with E-state index in [2.05, 4.69) is 10.3 Å². The number of unbranched alkanes of at least 4 members (excludes halogenated alkanes) is 1. The van der Waals surface area contributed by atoms with Crippen LogP contribution in [-0.4, -0.2) is 17.5 Å². The molecule has 0 aliphatic rings. The van der Waals surface area contributed by atoms with Crippen LogP contribution in [0, 0.1) is 11.3 Å². The van der Waals surface area contributed by atoms with Gasteiger partial charge in [0.1, 0.15) is 0 Å². The Morgan fingerprint density at radius 1 is 1.29 bits per heavy atom. The number of pyridine rings is 1. The van der Waals surface area contributed by atoms with Gasteiger partial charge < -0.3 is 10.1 Å². The monoisotopic (exact) mass is 389 g/mol. The number of anilines is 1. The summed E-state index contributed by atoms with van der Waals surface area (Å²) in [5.41, 5.74) is 0.246. The maximum atomic E-state index is 12.6. The van der Waals surface area contributed by atoms with Crippen molar-refractivity contribution in [2.75, 3.05) is 11.9 Å². The molecule has 0 bridgehead atoms. The number of benzene rings is 1. The minimum absolute atomic E-state index is 0.223. The van der Waals surface area contributed by atoms with E-state index in [-0.39, 0.29) is 5.82 Å². The number of carbonyl (C=O) groups is 1. The van der Waals surface area contributed by atoms with E-state index in [0.717, 1.165) is 12.1 Å². The van der Waals surface area contributed by atoms with Crippen molar-refractivity contribution in [2.45, 2.75) is 25.9 Å². The van der Waals surface area contributed by atoms with Crippen LogP contribution in [-0.2, 0) is 11.0 Å². The lowest BCUT2D eigenvalue weighted by Gasteiger charge is -2.10. The molecule has 0 spiro atoms. The topological polar surface area (TPSA) is 75.0 Å². The van der Waals surface area contributed by atoms with Gasteiger partial charge in [-0.25, -0.2) is 4.98 Å². The van der Waals surface area contributed by atoms with Gasteiger partial charge in [-0.05, 0) is 48.7 Å². The van der Waals surface area contributed by atoms with E-state index in [1.807, 2.05) is 6.07 Å². The van der Waals surface area contributed by atoms with Gasteiger partial charge in [0.15, 0.2) is 11.6 Å². The molecule has 0 aliphatic carbocycles. The lowest BCUT2D eigenvalue weighted by Crippen LogP contribution is -2.12. The molecule has 1 N–H and O–H groups in total. The van der Waals surface area contributed by atoms with Crippen LogP contribution >= 0.6 is 0 Å². The fourth-order valence-electron chi connectivity index (χ4n) is 2.29. The summed E-state index contributed by atoms with van der Waals surface area (Å²) in [5, 5.41) is 11.1. The number of ether oxygens (including phenoxy) is 1. The highest BCUT2D eigenvalue weighted by molar-refractivity contribution is 6.03. The van der Waals surface area contributed by atoms with Gasteiger partial charge >= 0.3 is 6.18 Å². The molecule has 0 aliphatic heterocycles. The summed E-state index contributed by atoms with van der Waals surface area (Å²) in [7, 11) is 0. The van der Waals surface area contributed by atoms with Crippen molar-refractivity contribution >= 4 is 17.3 Å². The number of amides is 1. The molecular formula is C20H18F3N3O2. The Morgan fingerprint density at radius 3 is 2.64 bits per heavy atom. The second-order valence-electron chi connectivity index (χ2n) is 5.85. The maximum Gasteiger partial charge on any atom is 0.416 e. The first kappa shape index (κ1) is 21.0. The normalized spacial score (nSPS) is 11.6. The Morgan fingerprint density at radius 2 is 2.00 bits per heavy atom. The number of nitrogens with one attached hydrogen (secondary N) is 1. The molecule has 28 heavy (non-hydrogen) atoms. The number of aromatic nitrogens is 1. The predicted molar refractivity (Wildman–Crippen MR) is 98.3 cm³/mol. The Hall–Kier alpha value is -3.34. The molecule has 0 fully saturated rings. The van der Waals surface area contributed by atoms with Gasteiger partial charge in [0.2, 0.25) is 5.91 Å². The summed E-state index contributed by atoms with van der Waals surface area (Å²) in [6.07, 6.45) is -0.736. The van der Waals surface area contributed by atoms with E-state index >= 15 is 0 Å². The van der Waals surface area contributed by atoms with Gasteiger partial charge in [-0.15, -0.1) is 0 Å². The number of rotatable bonds is 7. The van der Waals surface area contributed by atoms with Gasteiger partial charge in [0.25, 0.3) is 0 Å². The standard InChI is InChI=1S/C20H18F3N3O2/c1-14(15-6-8-16(9-7-15)20(21,22)23)13-18(27)26-19-17(5-4-11-25-19)28-12-3-2-10-24/h4-9,11,13H,2-3,12H2,1H3,(H,25,26,27). The van der Waals surface area contributed by atoms with Gasteiger partial charge in [0, 0.05) is 18.7 Å². The average molecular weight is 389 g/mol. The van der Waals surface area contributed by atoms with Gasteiger partial charge in [-0.2, -0.15) is 18.4 Å². The molecule has 2 aromatic rings. The smallest absolute Gasteiger partial charge is 0.416 e. The molecule has 146 valence electrons. The van der Waals surface area contributed by atoms with Gasteiger partial charge in [-0.1, -0.05) is 12.1 Å². The Bertz CT molecular complexity index is 885. The SMILES string of the molecule is CC(=CC(=O)Nc1ncccc1OCCCC#N)c1ccc(C(F)(F)F)cc1. The first-order valence-corrected chi connectivity index (χ1v) is 8.43. The molecule has 1 aromatic carbocycles. The van der Waals surface area contributed by atoms with Crippen molar-refractivity contribution in [3.8, 4) is 11.8 Å². The molecule has 0 unspecified atom stereocenters. The highest BCUT2D eigenvalue weighted by atomic mass is 19.4. The van der Waals surface area contributed by atoms with E-state index in [9.17, 15) is 18.0 Å². The minimum atomic E-state index is -4.41. The van der Waals surface area contributed by atoms with E-state index in [4.69, 9.17) is 10.00 Å². The number of hydrogen-bond acceptors (Lipinski definition) is 4. The summed E-state index contributed by atoms with van der Waals surface area (Å²) in [5.74, 6) is 0.105. The first-order valence-electron chi connectivity index (χ1n) is 8.43. The highest BCUT2D eigenvalue weighted by Crippen LogP contribution is 2.30. The Labute approximate surface area is 160 Å². The van der Waals surface area contributed by atoms with Crippen molar-refractivity contribution in [3.05, 3.63) is 59.8 Å². The number of carbonyl (C=O) groups excluding carboxylic acids is 1. The predicted octanol–water partition coefficient (Wildman–Crippen LogP) is 4.82. The van der Waals surface area contributed by atoms with E-state index < -0.39 is 17.6 Å². The number of nitriles is 1. The van der Waals surface area contributed by atoms with Crippen LogP contribution in [0.25, 0.3) is 5.57 Å². The second kappa shape index (κ2) is 9.55. The van der Waals surface area contributed by atoms with E-state index in [0.29, 0.717) is 36.3 Å². The average Bonchev–Trinajstić information content (AvgIpc) is 2.65. The molecule has 1 aromatic heterocycles. The summed E-state index contributed by atoms with van der Waals surface area (Å²) < 4.78 is 43.4. The van der Waals surface area contributed by atoms with Gasteiger partial charge in [0.05, 0.1) is 18.2 Å². The third-order valence-electron chi connectivity index (χ3n) is 3.72. The van der Waals surface area contributed by atoms with Crippen LogP contribution in [0.5, 0.6) is 5.75 Å². The van der Waals surface area contributed by atoms with Crippen molar-refractivity contribution in [1.82, 2.24) is 4.98 Å². The summed E-state index contributed by atoms with van der Waals surface area (Å²) in [4.78, 5) is 16.3. The molecule has 0 saturated heterocycles. The number of nitrogens with zero attached hydrogens (tertiary/aromatic N) is 2. The molecule has 8 heteroatoms. The molecule has 1 heterocycles. The van der Waals surface area contributed by atoms with Crippen LogP contribution < -0.4 is 10.1 Å². The Balaban J connectivity index is 2.06. The van der Waals surface area contributed by atoms with E-state index in [1.165, 1.54) is 24.4 Å². The van der Waals surface area contributed by atoms with Crippen molar-refractivity contribution in [1.29, 1.82) is 5.26 Å². The number of halogens is 3. The van der Waals surface area contributed by atoms with Crippen LogP contribution in [0.15, 0.2) is 48.7 Å². The van der Waals surface area contributed by atoms with Crippen LogP contribution in [0.3, 0.4) is 0 Å². The fraction of sp³-hybridized carbons (Fsp3) is 0.250. The first-order chi connectivity index (χ1) is 13.3. The molecule has 1 amide bonds. The molecule has 0 radical (unpaired) electrons. The van der Waals surface area contributed by atoms with Crippen molar-refractivity contribution in [2.24, 2.45) is 0 Å². The van der Waals surface area contributed by atoms with Crippen molar-refractivity contribution < 1.29 is 22.7 Å². The number of hydrogen-bond donors (Lipinski definition) is 1. The summed E-state index contributed by atoms with van der Waals surface area (Å²) in [6.45, 7) is 1.93. The fourth-order valence-corrected chi connectivity index (χ4v) is 2.29. The highest BCUT2D eigenvalue weighted by Gasteiger charge is 2.29. The molecule has 0 saturated carbocycles. The lowest BCUT2D eigenvalue weighted by molar-refractivity contribution is -0.137. The van der Waals surface area contributed by atoms with E-state index in [1.54, 1.807) is 19.1 Å².